The second kappa shape index (κ2) is 4.94. The molecule has 1 N–H and O–H groups in total. The van der Waals surface area contributed by atoms with Gasteiger partial charge in [0.2, 0.25) is 0 Å². The second-order valence-electron chi connectivity index (χ2n) is 3.29. The van der Waals surface area contributed by atoms with E-state index in [1.165, 1.54) is 0 Å². The van der Waals surface area contributed by atoms with Crippen molar-refractivity contribution in [3.8, 4) is 6.07 Å². The summed E-state index contributed by atoms with van der Waals surface area (Å²) in [6, 6.07) is 9.50. The normalized spacial score (nSPS) is 9.69. The van der Waals surface area contributed by atoms with Gasteiger partial charge in [-0.15, -0.1) is 5.10 Å². The molecule has 80 valence electrons. The predicted molar refractivity (Wildman–Crippen MR) is 59.7 cm³/mol. The fraction of sp³-hybridized carbons (Fsp3) is 0.182. The van der Waals surface area contributed by atoms with E-state index in [9.17, 15) is 0 Å². The van der Waals surface area contributed by atoms with Gasteiger partial charge in [0.1, 0.15) is 0 Å². The summed E-state index contributed by atoms with van der Waals surface area (Å²) in [5, 5.41) is 19.5. The van der Waals surface area contributed by atoms with Crippen molar-refractivity contribution < 1.29 is 0 Å². The second-order valence-corrected chi connectivity index (χ2v) is 3.29. The largest absolute Gasteiger partial charge is 0.383 e. The molecule has 0 spiro atoms. The van der Waals surface area contributed by atoms with Gasteiger partial charge in [0.15, 0.2) is 0 Å². The molecule has 0 amide bonds. The summed E-state index contributed by atoms with van der Waals surface area (Å²) >= 11 is 0. The molecule has 16 heavy (non-hydrogen) atoms. The molecule has 0 radical (unpaired) electrons. The van der Waals surface area contributed by atoms with E-state index in [-0.39, 0.29) is 0 Å². The van der Waals surface area contributed by atoms with E-state index < -0.39 is 0 Å². The fourth-order valence-corrected chi connectivity index (χ4v) is 1.37. The molecule has 5 heteroatoms. The number of aromatic nitrogens is 3. The topological polar surface area (TPSA) is 66.5 Å². The van der Waals surface area contributed by atoms with Gasteiger partial charge in [0, 0.05) is 18.4 Å². The molecule has 0 unspecified atom stereocenters. The zero-order valence-electron chi connectivity index (χ0n) is 8.67. The van der Waals surface area contributed by atoms with E-state index in [4.69, 9.17) is 5.26 Å². The number of rotatable bonds is 4. The first-order valence-corrected chi connectivity index (χ1v) is 4.96. The molecular formula is C11H11N5. The number of hydrogen-bond donors (Lipinski definition) is 1. The number of benzene rings is 1. The number of hydrogen-bond acceptors (Lipinski definition) is 4. The molecule has 0 aliphatic heterocycles. The Morgan fingerprint density at radius 3 is 3.12 bits per heavy atom. The van der Waals surface area contributed by atoms with E-state index in [0.717, 1.165) is 18.8 Å². The summed E-state index contributed by atoms with van der Waals surface area (Å²) in [4.78, 5) is 0. The molecule has 0 aliphatic carbocycles. The summed E-state index contributed by atoms with van der Waals surface area (Å²) in [5.41, 5.74) is 1.60. The monoisotopic (exact) mass is 213 g/mol. The van der Waals surface area contributed by atoms with Crippen LogP contribution in [0.4, 0.5) is 5.69 Å². The van der Waals surface area contributed by atoms with Gasteiger partial charge in [-0.3, -0.25) is 4.68 Å². The van der Waals surface area contributed by atoms with Gasteiger partial charge in [0.25, 0.3) is 0 Å². The molecule has 2 rings (SSSR count). The van der Waals surface area contributed by atoms with Crippen LogP contribution in [0.1, 0.15) is 5.56 Å². The first-order chi connectivity index (χ1) is 7.88. The molecule has 0 saturated carbocycles. The van der Waals surface area contributed by atoms with Crippen molar-refractivity contribution in [2.24, 2.45) is 0 Å². The Bertz CT molecular complexity index is 483. The van der Waals surface area contributed by atoms with Crippen LogP contribution in [0.15, 0.2) is 36.7 Å². The Balaban J connectivity index is 1.88. The lowest BCUT2D eigenvalue weighted by molar-refractivity contribution is 0.609. The summed E-state index contributed by atoms with van der Waals surface area (Å²) in [7, 11) is 0. The Kier molecular flexibility index (Phi) is 3.14. The zero-order valence-corrected chi connectivity index (χ0v) is 8.67. The molecule has 0 atom stereocenters. The van der Waals surface area contributed by atoms with Gasteiger partial charge in [0.05, 0.1) is 24.4 Å². The lowest BCUT2D eigenvalue weighted by atomic mass is 10.2. The maximum atomic E-state index is 8.74. The summed E-state index contributed by atoms with van der Waals surface area (Å²) in [5.74, 6) is 0. The molecule has 1 aromatic carbocycles. The van der Waals surface area contributed by atoms with E-state index >= 15 is 0 Å². The molecular weight excluding hydrogens is 202 g/mol. The van der Waals surface area contributed by atoms with Gasteiger partial charge < -0.3 is 5.32 Å². The molecule has 1 aromatic heterocycles. The minimum Gasteiger partial charge on any atom is -0.383 e. The Hall–Kier alpha value is -2.35. The van der Waals surface area contributed by atoms with Crippen LogP contribution < -0.4 is 5.32 Å². The van der Waals surface area contributed by atoms with Crippen LogP contribution in [0.3, 0.4) is 0 Å². The fourth-order valence-electron chi connectivity index (χ4n) is 1.37. The third-order valence-electron chi connectivity index (χ3n) is 2.13. The Morgan fingerprint density at radius 2 is 2.38 bits per heavy atom. The highest BCUT2D eigenvalue weighted by molar-refractivity contribution is 5.48. The summed E-state index contributed by atoms with van der Waals surface area (Å²) < 4.78 is 1.75. The maximum absolute atomic E-state index is 8.74. The lowest BCUT2D eigenvalue weighted by Gasteiger charge is -2.05. The average molecular weight is 213 g/mol. The Morgan fingerprint density at radius 1 is 1.44 bits per heavy atom. The van der Waals surface area contributed by atoms with Crippen molar-refractivity contribution in [1.82, 2.24) is 15.0 Å². The van der Waals surface area contributed by atoms with E-state index in [1.54, 1.807) is 16.9 Å². The highest BCUT2D eigenvalue weighted by Crippen LogP contribution is 2.08. The van der Waals surface area contributed by atoms with Crippen LogP contribution in [-0.4, -0.2) is 21.5 Å². The van der Waals surface area contributed by atoms with Gasteiger partial charge in [-0.05, 0) is 18.2 Å². The molecule has 1 heterocycles. The number of nitrogens with one attached hydrogen (secondary N) is 1. The van der Waals surface area contributed by atoms with Gasteiger partial charge in [-0.25, -0.2) is 0 Å². The van der Waals surface area contributed by atoms with Crippen LogP contribution in [0.5, 0.6) is 0 Å². The lowest BCUT2D eigenvalue weighted by Crippen LogP contribution is -2.11. The van der Waals surface area contributed by atoms with Crippen molar-refractivity contribution >= 4 is 5.69 Å². The smallest absolute Gasteiger partial charge is 0.0992 e. The van der Waals surface area contributed by atoms with E-state index in [0.29, 0.717) is 5.56 Å². The van der Waals surface area contributed by atoms with Crippen molar-refractivity contribution in [3.63, 3.8) is 0 Å². The third kappa shape index (κ3) is 2.58. The summed E-state index contributed by atoms with van der Waals surface area (Å²) in [6.45, 7) is 1.50. The van der Waals surface area contributed by atoms with E-state index in [2.05, 4.69) is 21.7 Å². The maximum Gasteiger partial charge on any atom is 0.0992 e. The van der Waals surface area contributed by atoms with Crippen molar-refractivity contribution in [1.29, 1.82) is 5.26 Å². The van der Waals surface area contributed by atoms with Crippen molar-refractivity contribution in [3.05, 3.63) is 42.2 Å². The number of nitrogens with zero attached hydrogens (tertiary/aromatic N) is 4. The van der Waals surface area contributed by atoms with Crippen molar-refractivity contribution in [2.75, 3.05) is 11.9 Å². The first-order valence-electron chi connectivity index (χ1n) is 4.96. The number of anilines is 1. The van der Waals surface area contributed by atoms with Gasteiger partial charge in [-0.2, -0.15) is 5.26 Å². The minimum atomic E-state index is 0.658. The van der Waals surface area contributed by atoms with E-state index in [1.807, 2.05) is 24.4 Å². The van der Waals surface area contributed by atoms with Crippen LogP contribution in [0, 0.1) is 11.3 Å². The predicted octanol–water partition coefficient (Wildman–Crippen LogP) is 1.26. The van der Waals surface area contributed by atoms with Gasteiger partial charge in [-0.1, -0.05) is 11.3 Å². The summed E-state index contributed by atoms with van der Waals surface area (Å²) in [6.07, 6.45) is 3.46. The molecule has 0 aliphatic rings. The first kappa shape index (κ1) is 10.2. The van der Waals surface area contributed by atoms with Crippen molar-refractivity contribution in [2.45, 2.75) is 6.54 Å². The zero-order chi connectivity index (χ0) is 11.2. The molecule has 0 bridgehead atoms. The highest BCUT2D eigenvalue weighted by atomic mass is 15.4. The van der Waals surface area contributed by atoms with Crippen LogP contribution in [0.2, 0.25) is 0 Å². The molecule has 0 saturated heterocycles. The third-order valence-corrected chi connectivity index (χ3v) is 2.13. The molecule has 5 nitrogen and oxygen atoms in total. The SMILES string of the molecule is N#Cc1cccc(NCCn2ccnn2)c1. The molecule has 2 aromatic rings. The van der Waals surface area contributed by atoms with Crippen LogP contribution in [-0.2, 0) is 6.54 Å². The Labute approximate surface area is 93.3 Å². The van der Waals surface area contributed by atoms with Gasteiger partial charge >= 0.3 is 0 Å². The highest BCUT2D eigenvalue weighted by Gasteiger charge is 1.95. The number of nitriles is 1. The average Bonchev–Trinajstić information content (AvgIpc) is 2.82. The van der Waals surface area contributed by atoms with Crippen LogP contribution >= 0.6 is 0 Å². The van der Waals surface area contributed by atoms with Crippen LogP contribution in [0.25, 0.3) is 0 Å². The minimum absolute atomic E-state index is 0.658. The standard InChI is InChI=1S/C11H11N5/c12-9-10-2-1-3-11(8-10)13-4-6-16-7-5-14-15-16/h1-3,5,7-8,13H,4,6H2. The quantitative estimate of drug-likeness (QED) is 0.830. The molecule has 0 fully saturated rings.